The Bertz CT molecular complexity index is 245. The van der Waals surface area contributed by atoms with E-state index in [1.54, 1.807) is 11.8 Å². The fourth-order valence-electron chi connectivity index (χ4n) is 0.865. The largest absolute Gasteiger partial charge is 0.263 e. The number of para-hydroxylation sites is 1. The molecule has 1 aromatic carbocycles. The molecular weight excluding hydrogens is 154 g/mol. The third-order valence-corrected chi connectivity index (χ3v) is 2.28. The van der Waals surface area contributed by atoms with E-state index in [2.05, 4.69) is 24.7 Å². The van der Waals surface area contributed by atoms with E-state index in [1.807, 2.05) is 18.2 Å². The van der Waals surface area contributed by atoms with Crippen molar-refractivity contribution in [2.24, 2.45) is 4.99 Å². The van der Waals surface area contributed by atoms with Crippen molar-refractivity contribution in [2.45, 2.75) is 11.8 Å². The van der Waals surface area contributed by atoms with E-state index in [0.29, 0.717) is 0 Å². The van der Waals surface area contributed by atoms with Gasteiger partial charge in [-0.05, 0) is 24.6 Å². The molecule has 0 aliphatic rings. The highest BCUT2D eigenvalue weighted by atomic mass is 32.2. The molecule has 1 nitrogen and oxygen atoms in total. The number of hydrogen-bond donors (Lipinski definition) is 0. The second kappa shape index (κ2) is 4.19. The van der Waals surface area contributed by atoms with E-state index in [4.69, 9.17) is 0 Å². The summed E-state index contributed by atoms with van der Waals surface area (Å²) < 4.78 is 0. The van der Waals surface area contributed by atoms with Gasteiger partial charge in [0.05, 0.1) is 5.69 Å². The SMILES string of the molecule is C=Nc1ccccc1SCC. The van der Waals surface area contributed by atoms with Crippen LogP contribution >= 0.6 is 11.8 Å². The maximum Gasteiger partial charge on any atom is 0.0758 e. The summed E-state index contributed by atoms with van der Waals surface area (Å²) in [6.07, 6.45) is 0. The summed E-state index contributed by atoms with van der Waals surface area (Å²) in [6.45, 7) is 5.64. The van der Waals surface area contributed by atoms with Gasteiger partial charge in [0.15, 0.2) is 0 Å². The average molecular weight is 165 g/mol. The van der Waals surface area contributed by atoms with Crippen molar-refractivity contribution in [1.82, 2.24) is 0 Å². The zero-order valence-corrected chi connectivity index (χ0v) is 7.40. The van der Waals surface area contributed by atoms with Crippen LogP contribution in [0.2, 0.25) is 0 Å². The summed E-state index contributed by atoms with van der Waals surface area (Å²) in [4.78, 5) is 5.13. The van der Waals surface area contributed by atoms with Crippen LogP contribution in [0.5, 0.6) is 0 Å². The van der Waals surface area contributed by atoms with Gasteiger partial charge in [-0.1, -0.05) is 19.1 Å². The van der Waals surface area contributed by atoms with Crippen molar-refractivity contribution in [3.63, 3.8) is 0 Å². The summed E-state index contributed by atoms with van der Waals surface area (Å²) in [6, 6.07) is 8.04. The first kappa shape index (κ1) is 8.34. The summed E-state index contributed by atoms with van der Waals surface area (Å²) in [5.41, 5.74) is 0.986. The quantitative estimate of drug-likeness (QED) is 0.495. The summed E-state index contributed by atoms with van der Waals surface area (Å²) >= 11 is 1.79. The highest BCUT2D eigenvalue weighted by Gasteiger charge is 1.96. The lowest BCUT2D eigenvalue weighted by Gasteiger charge is -2.00. The van der Waals surface area contributed by atoms with Gasteiger partial charge in [0.25, 0.3) is 0 Å². The van der Waals surface area contributed by atoms with E-state index in [-0.39, 0.29) is 0 Å². The second-order valence-electron chi connectivity index (χ2n) is 2.06. The number of thioether (sulfide) groups is 1. The molecule has 0 saturated carbocycles. The van der Waals surface area contributed by atoms with Crippen LogP contribution in [0, 0.1) is 0 Å². The van der Waals surface area contributed by atoms with Gasteiger partial charge in [-0.3, -0.25) is 4.99 Å². The molecule has 0 atom stereocenters. The van der Waals surface area contributed by atoms with Crippen LogP contribution in [0.3, 0.4) is 0 Å². The van der Waals surface area contributed by atoms with Crippen molar-refractivity contribution in [2.75, 3.05) is 5.75 Å². The van der Waals surface area contributed by atoms with Gasteiger partial charge in [0.2, 0.25) is 0 Å². The van der Waals surface area contributed by atoms with Crippen LogP contribution in [0.15, 0.2) is 34.2 Å². The van der Waals surface area contributed by atoms with Crippen molar-refractivity contribution in [3.05, 3.63) is 24.3 Å². The zero-order chi connectivity index (χ0) is 8.10. The Kier molecular flexibility index (Phi) is 3.17. The first-order valence-corrected chi connectivity index (χ1v) is 4.55. The molecule has 1 aromatic rings. The Labute approximate surface area is 71.5 Å². The molecule has 0 radical (unpaired) electrons. The van der Waals surface area contributed by atoms with Gasteiger partial charge in [0.1, 0.15) is 0 Å². The number of rotatable bonds is 3. The first-order chi connectivity index (χ1) is 5.38. The van der Waals surface area contributed by atoms with E-state index in [9.17, 15) is 0 Å². The third kappa shape index (κ3) is 2.09. The van der Waals surface area contributed by atoms with E-state index >= 15 is 0 Å². The summed E-state index contributed by atoms with van der Waals surface area (Å²) in [7, 11) is 0. The van der Waals surface area contributed by atoms with Crippen LogP contribution in [-0.4, -0.2) is 12.5 Å². The fraction of sp³-hybridized carbons (Fsp3) is 0.222. The third-order valence-electron chi connectivity index (χ3n) is 1.34. The van der Waals surface area contributed by atoms with Gasteiger partial charge in [0, 0.05) is 4.90 Å². The molecule has 2 heteroatoms. The van der Waals surface area contributed by atoms with Gasteiger partial charge in [-0.2, -0.15) is 0 Å². The molecule has 0 unspecified atom stereocenters. The summed E-state index contributed by atoms with van der Waals surface area (Å²) in [5.74, 6) is 1.08. The van der Waals surface area contributed by atoms with Gasteiger partial charge >= 0.3 is 0 Å². The van der Waals surface area contributed by atoms with Crippen molar-refractivity contribution in [3.8, 4) is 0 Å². The van der Waals surface area contributed by atoms with E-state index in [1.165, 1.54) is 4.90 Å². The molecule has 0 bridgehead atoms. The zero-order valence-electron chi connectivity index (χ0n) is 6.58. The van der Waals surface area contributed by atoms with Crippen molar-refractivity contribution >= 4 is 24.2 Å². The number of benzene rings is 1. The van der Waals surface area contributed by atoms with E-state index in [0.717, 1.165) is 11.4 Å². The molecule has 0 saturated heterocycles. The highest BCUT2D eigenvalue weighted by molar-refractivity contribution is 7.99. The fourth-order valence-corrected chi connectivity index (χ4v) is 1.63. The number of nitrogens with zero attached hydrogens (tertiary/aromatic N) is 1. The van der Waals surface area contributed by atoms with Crippen molar-refractivity contribution < 1.29 is 0 Å². The van der Waals surface area contributed by atoms with Gasteiger partial charge < -0.3 is 0 Å². The molecular formula is C9H11NS. The molecule has 11 heavy (non-hydrogen) atoms. The van der Waals surface area contributed by atoms with Crippen LogP contribution in [-0.2, 0) is 0 Å². The molecule has 1 rings (SSSR count). The molecule has 0 fully saturated rings. The lowest BCUT2D eigenvalue weighted by Crippen LogP contribution is -1.72. The Hall–Kier alpha value is -0.760. The first-order valence-electron chi connectivity index (χ1n) is 3.57. The van der Waals surface area contributed by atoms with Gasteiger partial charge in [-0.15, -0.1) is 11.8 Å². The molecule has 58 valence electrons. The Morgan fingerprint density at radius 2 is 2.18 bits per heavy atom. The Morgan fingerprint density at radius 3 is 2.82 bits per heavy atom. The monoisotopic (exact) mass is 165 g/mol. The van der Waals surface area contributed by atoms with E-state index < -0.39 is 0 Å². The lowest BCUT2D eigenvalue weighted by molar-refractivity contribution is 1.37. The standard InChI is InChI=1S/C9H11NS/c1-3-11-9-7-5-4-6-8(9)10-2/h4-7H,2-3H2,1H3. The second-order valence-corrected chi connectivity index (χ2v) is 3.36. The van der Waals surface area contributed by atoms with Crippen LogP contribution in [0.25, 0.3) is 0 Å². The molecule has 0 aromatic heterocycles. The van der Waals surface area contributed by atoms with Gasteiger partial charge in [-0.25, -0.2) is 0 Å². The van der Waals surface area contributed by atoms with Crippen LogP contribution in [0.4, 0.5) is 5.69 Å². The Morgan fingerprint density at radius 1 is 1.45 bits per heavy atom. The molecule has 0 amide bonds. The predicted octanol–water partition coefficient (Wildman–Crippen LogP) is 3.13. The van der Waals surface area contributed by atoms with Crippen LogP contribution in [0.1, 0.15) is 6.92 Å². The molecule has 0 aliphatic carbocycles. The van der Waals surface area contributed by atoms with Crippen molar-refractivity contribution in [1.29, 1.82) is 0 Å². The Balaban J connectivity index is 2.92. The maximum atomic E-state index is 3.92. The molecule has 0 heterocycles. The highest BCUT2D eigenvalue weighted by Crippen LogP contribution is 2.28. The number of aliphatic imine (C=N–C) groups is 1. The molecule has 0 spiro atoms. The maximum absolute atomic E-state index is 3.92. The number of hydrogen-bond acceptors (Lipinski definition) is 2. The minimum atomic E-state index is 0.986. The molecule has 0 N–H and O–H groups in total. The normalized spacial score (nSPS) is 9.55. The topological polar surface area (TPSA) is 12.4 Å². The minimum Gasteiger partial charge on any atom is -0.263 e. The molecule has 0 aliphatic heterocycles. The lowest BCUT2D eigenvalue weighted by atomic mass is 10.3. The van der Waals surface area contributed by atoms with Crippen LogP contribution < -0.4 is 0 Å². The average Bonchev–Trinajstić information content (AvgIpc) is 2.06. The smallest absolute Gasteiger partial charge is 0.0758 e. The summed E-state index contributed by atoms with van der Waals surface area (Å²) in [5, 5.41) is 0. The minimum absolute atomic E-state index is 0.986. The predicted molar refractivity (Wildman–Crippen MR) is 52.0 cm³/mol.